The maximum absolute atomic E-state index is 12.1. The van der Waals surface area contributed by atoms with Gasteiger partial charge in [-0.3, -0.25) is 9.69 Å². The summed E-state index contributed by atoms with van der Waals surface area (Å²) in [5.41, 5.74) is 0. The highest BCUT2D eigenvalue weighted by molar-refractivity contribution is 5.81. The number of ether oxygens (including phenoxy) is 1. The molecule has 1 heterocycles. The highest BCUT2D eigenvalue weighted by Crippen LogP contribution is 2.09. The summed E-state index contributed by atoms with van der Waals surface area (Å²) >= 11 is 0. The number of carbonyl (C=O) groups excluding carboxylic acids is 1. The number of nitrogens with one attached hydrogen (secondary N) is 2. The van der Waals surface area contributed by atoms with Crippen LogP contribution >= 0.6 is 0 Å². The summed E-state index contributed by atoms with van der Waals surface area (Å²) in [6, 6.07) is 0.220. The molecule has 1 rings (SSSR count). The molecule has 1 amide bonds. The first-order valence-corrected chi connectivity index (χ1v) is 7.54. The van der Waals surface area contributed by atoms with E-state index in [1.165, 1.54) is 6.42 Å². The van der Waals surface area contributed by atoms with Crippen LogP contribution in [-0.2, 0) is 9.53 Å². The summed E-state index contributed by atoms with van der Waals surface area (Å²) in [4.78, 5) is 14.2. The molecule has 6 heteroatoms. The Hall–Kier alpha value is -0.690. The Morgan fingerprint density at radius 3 is 3.00 bits per heavy atom. The van der Waals surface area contributed by atoms with Crippen LogP contribution in [0, 0.1) is 0 Å². The van der Waals surface area contributed by atoms with E-state index in [0.717, 1.165) is 25.9 Å². The average molecular weight is 287 g/mol. The largest absolute Gasteiger partial charge is 0.395 e. The van der Waals surface area contributed by atoms with Crippen molar-refractivity contribution in [2.45, 2.75) is 38.3 Å². The first-order chi connectivity index (χ1) is 9.69. The minimum Gasteiger partial charge on any atom is -0.395 e. The van der Waals surface area contributed by atoms with Crippen molar-refractivity contribution in [3.05, 3.63) is 0 Å². The fraction of sp³-hybridized carbons (Fsp3) is 0.929. The molecule has 0 bridgehead atoms. The molecule has 0 aromatic carbocycles. The lowest BCUT2D eigenvalue weighted by Gasteiger charge is -2.30. The Bertz CT molecular complexity index is 270. The van der Waals surface area contributed by atoms with Gasteiger partial charge in [-0.2, -0.15) is 0 Å². The monoisotopic (exact) mass is 287 g/mol. The molecular formula is C14H29N3O3. The van der Waals surface area contributed by atoms with Gasteiger partial charge in [-0.1, -0.05) is 0 Å². The van der Waals surface area contributed by atoms with Crippen molar-refractivity contribution in [2.75, 3.05) is 46.5 Å². The van der Waals surface area contributed by atoms with Gasteiger partial charge in [0, 0.05) is 39.4 Å². The number of amides is 1. The fourth-order valence-electron chi connectivity index (χ4n) is 2.51. The van der Waals surface area contributed by atoms with Crippen molar-refractivity contribution in [3.8, 4) is 0 Å². The van der Waals surface area contributed by atoms with Gasteiger partial charge in [-0.15, -0.1) is 0 Å². The molecule has 2 unspecified atom stereocenters. The Balaban J connectivity index is 2.36. The highest BCUT2D eigenvalue weighted by atomic mass is 16.5. The van der Waals surface area contributed by atoms with Crippen LogP contribution in [0.25, 0.3) is 0 Å². The van der Waals surface area contributed by atoms with Crippen LogP contribution in [0.2, 0.25) is 0 Å². The zero-order chi connectivity index (χ0) is 14.8. The number of aliphatic hydroxyl groups excluding tert-OH is 1. The maximum atomic E-state index is 12.1. The lowest BCUT2D eigenvalue weighted by molar-refractivity contribution is -0.126. The summed E-state index contributed by atoms with van der Waals surface area (Å²) in [6.45, 7) is 5.66. The number of hydrogen-bond donors (Lipinski definition) is 3. The van der Waals surface area contributed by atoms with Gasteiger partial charge in [0.2, 0.25) is 5.91 Å². The Labute approximate surface area is 121 Å². The first-order valence-electron chi connectivity index (χ1n) is 7.54. The van der Waals surface area contributed by atoms with Gasteiger partial charge in [0.25, 0.3) is 0 Å². The molecule has 0 spiro atoms. The van der Waals surface area contributed by atoms with E-state index in [4.69, 9.17) is 4.74 Å². The van der Waals surface area contributed by atoms with Crippen molar-refractivity contribution in [1.82, 2.24) is 15.5 Å². The molecule has 1 aliphatic rings. The predicted molar refractivity (Wildman–Crippen MR) is 78.6 cm³/mol. The average Bonchev–Trinajstić information content (AvgIpc) is 2.95. The molecule has 1 saturated heterocycles. The van der Waals surface area contributed by atoms with E-state index in [1.807, 2.05) is 6.92 Å². The zero-order valence-corrected chi connectivity index (χ0v) is 12.7. The van der Waals surface area contributed by atoms with Crippen LogP contribution < -0.4 is 10.6 Å². The van der Waals surface area contributed by atoms with Crippen molar-refractivity contribution in [2.24, 2.45) is 0 Å². The van der Waals surface area contributed by atoms with Crippen molar-refractivity contribution in [1.29, 1.82) is 0 Å². The van der Waals surface area contributed by atoms with Crippen molar-refractivity contribution < 1.29 is 14.6 Å². The fourth-order valence-corrected chi connectivity index (χ4v) is 2.51. The zero-order valence-electron chi connectivity index (χ0n) is 12.7. The minimum atomic E-state index is -0.216. The molecule has 6 nitrogen and oxygen atoms in total. The number of hydrogen-bond acceptors (Lipinski definition) is 5. The number of methoxy groups -OCH3 is 1. The summed E-state index contributed by atoms with van der Waals surface area (Å²) in [5.74, 6) is 0.0209. The molecule has 20 heavy (non-hydrogen) atoms. The number of rotatable bonds is 10. The van der Waals surface area contributed by atoms with Gasteiger partial charge in [0.05, 0.1) is 12.6 Å². The molecule has 0 saturated carbocycles. The molecular weight excluding hydrogens is 258 g/mol. The summed E-state index contributed by atoms with van der Waals surface area (Å²) in [6.07, 6.45) is 3.15. The van der Waals surface area contributed by atoms with Gasteiger partial charge in [-0.05, 0) is 32.7 Å². The lowest BCUT2D eigenvalue weighted by Crippen LogP contribution is -2.50. The van der Waals surface area contributed by atoms with Gasteiger partial charge in [-0.25, -0.2) is 0 Å². The van der Waals surface area contributed by atoms with E-state index in [-0.39, 0.29) is 18.6 Å². The smallest absolute Gasteiger partial charge is 0.237 e. The van der Waals surface area contributed by atoms with Crippen LogP contribution in [-0.4, -0.2) is 74.5 Å². The molecule has 1 fully saturated rings. The van der Waals surface area contributed by atoms with E-state index >= 15 is 0 Å². The maximum Gasteiger partial charge on any atom is 0.237 e. The number of aliphatic hydroxyl groups is 1. The molecule has 0 aromatic heterocycles. The second-order valence-electron chi connectivity index (χ2n) is 5.33. The highest BCUT2D eigenvalue weighted by Gasteiger charge is 2.24. The molecule has 0 radical (unpaired) electrons. The third-order valence-corrected chi connectivity index (χ3v) is 3.76. The standard InChI is InChI=1S/C14H29N3O3/c1-12(14(19)16-7-4-10-20-2)17(8-9-18)11-13-5-3-6-15-13/h12-13,15,18H,3-11H2,1-2H3,(H,16,19). The van der Waals surface area contributed by atoms with Crippen LogP contribution in [0.5, 0.6) is 0 Å². The molecule has 1 aliphatic heterocycles. The minimum absolute atomic E-state index is 0.0209. The van der Waals surface area contributed by atoms with Gasteiger partial charge in [0.15, 0.2) is 0 Å². The van der Waals surface area contributed by atoms with Crippen LogP contribution in [0.4, 0.5) is 0 Å². The molecule has 118 valence electrons. The number of nitrogens with zero attached hydrogens (tertiary/aromatic N) is 1. The quantitative estimate of drug-likeness (QED) is 0.476. The van der Waals surface area contributed by atoms with Crippen molar-refractivity contribution in [3.63, 3.8) is 0 Å². The van der Waals surface area contributed by atoms with Gasteiger partial charge >= 0.3 is 0 Å². The molecule has 0 aromatic rings. The Morgan fingerprint density at radius 2 is 2.40 bits per heavy atom. The Morgan fingerprint density at radius 1 is 1.60 bits per heavy atom. The summed E-state index contributed by atoms with van der Waals surface area (Å²) in [5, 5.41) is 15.5. The first kappa shape index (κ1) is 17.4. The normalized spacial score (nSPS) is 20.3. The van der Waals surface area contributed by atoms with Crippen molar-refractivity contribution >= 4 is 5.91 Å². The van der Waals surface area contributed by atoms with E-state index in [0.29, 0.717) is 25.7 Å². The third kappa shape index (κ3) is 6.17. The van der Waals surface area contributed by atoms with E-state index in [2.05, 4.69) is 15.5 Å². The van der Waals surface area contributed by atoms with E-state index in [1.54, 1.807) is 7.11 Å². The molecule has 2 atom stereocenters. The second-order valence-corrected chi connectivity index (χ2v) is 5.33. The third-order valence-electron chi connectivity index (χ3n) is 3.76. The summed E-state index contributed by atoms with van der Waals surface area (Å²) < 4.78 is 4.96. The van der Waals surface area contributed by atoms with E-state index < -0.39 is 0 Å². The number of carbonyl (C=O) groups is 1. The lowest BCUT2D eigenvalue weighted by atomic mass is 10.1. The van der Waals surface area contributed by atoms with E-state index in [9.17, 15) is 9.90 Å². The van der Waals surface area contributed by atoms with Gasteiger partial charge in [0.1, 0.15) is 0 Å². The predicted octanol–water partition coefficient (Wildman–Crippen LogP) is -0.426. The SMILES string of the molecule is COCCCNC(=O)C(C)N(CCO)CC1CCCN1. The van der Waals surface area contributed by atoms with Crippen LogP contribution in [0.1, 0.15) is 26.2 Å². The Kier molecular flexibility index (Phi) is 8.77. The molecule has 0 aliphatic carbocycles. The summed E-state index contributed by atoms with van der Waals surface area (Å²) in [7, 11) is 1.65. The molecule has 3 N–H and O–H groups in total. The van der Waals surface area contributed by atoms with Gasteiger partial charge < -0.3 is 20.5 Å². The topological polar surface area (TPSA) is 73.8 Å². The van der Waals surface area contributed by atoms with Crippen LogP contribution in [0.3, 0.4) is 0 Å². The van der Waals surface area contributed by atoms with Crippen LogP contribution in [0.15, 0.2) is 0 Å². The second kappa shape index (κ2) is 10.1.